The van der Waals surface area contributed by atoms with Crippen LogP contribution in [0, 0.1) is 24.5 Å². The van der Waals surface area contributed by atoms with E-state index in [0.717, 1.165) is 6.07 Å². The van der Waals surface area contributed by atoms with Gasteiger partial charge in [-0.2, -0.15) is 4.39 Å². The van der Waals surface area contributed by atoms with Crippen molar-refractivity contribution >= 4 is 0 Å². The molecule has 0 aliphatic heterocycles. The van der Waals surface area contributed by atoms with Gasteiger partial charge >= 0.3 is 0 Å². The van der Waals surface area contributed by atoms with E-state index in [9.17, 15) is 8.78 Å². The molecule has 0 aliphatic carbocycles. The summed E-state index contributed by atoms with van der Waals surface area (Å²) in [6.45, 7) is 5.38. The first kappa shape index (κ1) is 11.8. The minimum absolute atomic E-state index is 0.159. The summed E-state index contributed by atoms with van der Waals surface area (Å²) < 4.78 is 31.7. The van der Waals surface area contributed by atoms with E-state index in [1.165, 1.54) is 6.92 Å². The van der Waals surface area contributed by atoms with E-state index in [1.807, 2.05) is 13.8 Å². The summed E-state index contributed by atoms with van der Waals surface area (Å²) in [5.41, 5.74) is 0.160. The molecule has 15 heavy (non-hydrogen) atoms. The third kappa shape index (κ3) is 2.58. The molecule has 1 rings (SSSR count). The van der Waals surface area contributed by atoms with Gasteiger partial charge in [0.1, 0.15) is 0 Å². The van der Waals surface area contributed by atoms with E-state index >= 15 is 0 Å². The molecule has 0 fully saturated rings. The van der Waals surface area contributed by atoms with Crippen molar-refractivity contribution in [1.29, 1.82) is 0 Å². The van der Waals surface area contributed by atoms with Crippen LogP contribution in [0.3, 0.4) is 0 Å². The molecule has 0 unspecified atom stereocenters. The quantitative estimate of drug-likeness (QED) is 0.841. The van der Waals surface area contributed by atoms with Crippen molar-refractivity contribution in [3.05, 3.63) is 23.3 Å². The van der Waals surface area contributed by atoms with Crippen molar-refractivity contribution in [3.63, 3.8) is 0 Å². The first-order valence-corrected chi connectivity index (χ1v) is 4.73. The Morgan fingerprint density at radius 3 is 2.47 bits per heavy atom. The smallest absolute Gasteiger partial charge is 0.209 e. The van der Waals surface area contributed by atoms with Crippen LogP contribution in [0.15, 0.2) is 6.07 Å². The Labute approximate surface area is 87.5 Å². The SMILES string of the molecule is Cc1cc(O)c(F)c(OCC(C)C)c1F. The maximum atomic E-state index is 13.4. The number of hydrogen-bond donors (Lipinski definition) is 1. The van der Waals surface area contributed by atoms with Gasteiger partial charge in [-0.05, 0) is 24.5 Å². The molecule has 0 heterocycles. The summed E-state index contributed by atoms with van der Waals surface area (Å²) >= 11 is 0. The fourth-order valence-electron chi connectivity index (χ4n) is 1.10. The van der Waals surface area contributed by atoms with E-state index in [0.29, 0.717) is 0 Å². The molecule has 1 aromatic rings. The molecule has 0 atom stereocenters. The van der Waals surface area contributed by atoms with Crippen LogP contribution in [0.2, 0.25) is 0 Å². The summed E-state index contributed by atoms with van der Waals surface area (Å²) in [5, 5.41) is 9.15. The Hall–Kier alpha value is -1.32. The van der Waals surface area contributed by atoms with Crippen LogP contribution in [0.1, 0.15) is 19.4 Å². The molecule has 2 nitrogen and oxygen atoms in total. The van der Waals surface area contributed by atoms with Crippen molar-refractivity contribution in [3.8, 4) is 11.5 Å². The monoisotopic (exact) mass is 216 g/mol. The van der Waals surface area contributed by atoms with Gasteiger partial charge < -0.3 is 9.84 Å². The molecule has 0 radical (unpaired) electrons. The lowest BCUT2D eigenvalue weighted by Crippen LogP contribution is -2.08. The van der Waals surface area contributed by atoms with E-state index in [-0.39, 0.29) is 18.1 Å². The largest absolute Gasteiger partial charge is 0.505 e. The number of ether oxygens (including phenoxy) is 1. The molecule has 0 aromatic heterocycles. The summed E-state index contributed by atoms with van der Waals surface area (Å²) in [5.74, 6) is -2.73. The first-order chi connectivity index (χ1) is 6.93. The molecule has 0 saturated heterocycles. The predicted molar refractivity (Wildman–Crippen MR) is 53.1 cm³/mol. The topological polar surface area (TPSA) is 29.5 Å². The van der Waals surface area contributed by atoms with Crippen molar-refractivity contribution in [2.75, 3.05) is 6.61 Å². The number of aromatic hydroxyl groups is 1. The minimum Gasteiger partial charge on any atom is -0.505 e. The van der Waals surface area contributed by atoms with Crippen LogP contribution in [0.5, 0.6) is 11.5 Å². The highest BCUT2D eigenvalue weighted by Crippen LogP contribution is 2.31. The maximum absolute atomic E-state index is 13.4. The highest BCUT2D eigenvalue weighted by Gasteiger charge is 2.17. The molecule has 1 N–H and O–H groups in total. The van der Waals surface area contributed by atoms with E-state index in [1.54, 1.807) is 0 Å². The molecule has 1 aromatic carbocycles. The average molecular weight is 216 g/mol. The molecule has 0 amide bonds. The van der Waals surface area contributed by atoms with Crippen molar-refractivity contribution in [2.45, 2.75) is 20.8 Å². The molecule has 84 valence electrons. The molecular weight excluding hydrogens is 202 g/mol. The van der Waals surface area contributed by atoms with E-state index in [2.05, 4.69) is 0 Å². The molecule has 0 bridgehead atoms. The Balaban J connectivity index is 3.04. The maximum Gasteiger partial charge on any atom is 0.209 e. The molecule has 0 aliphatic rings. The zero-order valence-corrected chi connectivity index (χ0v) is 8.97. The van der Waals surface area contributed by atoms with Gasteiger partial charge in [0.15, 0.2) is 17.3 Å². The van der Waals surface area contributed by atoms with Crippen LogP contribution >= 0.6 is 0 Å². The number of rotatable bonds is 3. The van der Waals surface area contributed by atoms with Crippen LogP contribution in [0.25, 0.3) is 0 Å². The number of halogens is 2. The van der Waals surface area contributed by atoms with Gasteiger partial charge in [0.2, 0.25) is 5.82 Å². The fraction of sp³-hybridized carbons (Fsp3) is 0.455. The van der Waals surface area contributed by atoms with Crippen LogP contribution in [0.4, 0.5) is 8.78 Å². The fourth-order valence-corrected chi connectivity index (χ4v) is 1.10. The predicted octanol–water partition coefficient (Wildman–Crippen LogP) is 3.01. The number of aryl methyl sites for hydroxylation is 1. The lowest BCUT2D eigenvalue weighted by molar-refractivity contribution is 0.242. The number of benzene rings is 1. The van der Waals surface area contributed by atoms with Crippen molar-refractivity contribution < 1.29 is 18.6 Å². The van der Waals surface area contributed by atoms with Crippen LogP contribution < -0.4 is 4.74 Å². The number of phenolic OH excluding ortho intramolecular Hbond substituents is 1. The third-order valence-corrected chi connectivity index (χ3v) is 1.88. The Morgan fingerprint density at radius 1 is 1.33 bits per heavy atom. The molecule has 0 saturated carbocycles. The summed E-state index contributed by atoms with van der Waals surface area (Å²) in [7, 11) is 0. The Kier molecular flexibility index (Phi) is 3.50. The second-order valence-corrected chi connectivity index (χ2v) is 3.87. The number of hydrogen-bond acceptors (Lipinski definition) is 2. The van der Waals surface area contributed by atoms with E-state index < -0.39 is 23.1 Å². The van der Waals surface area contributed by atoms with Gasteiger partial charge in [-0.15, -0.1) is 0 Å². The Bertz CT molecular complexity index is 336. The Morgan fingerprint density at radius 2 is 1.93 bits per heavy atom. The van der Waals surface area contributed by atoms with Gasteiger partial charge in [0.25, 0.3) is 0 Å². The summed E-state index contributed by atoms with van der Waals surface area (Å²) in [4.78, 5) is 0. The van der Waals surface area contributed by atoms with E-state index in [4.69, 9.17) is 9.84 Å². The third-order valence-electron chi connectivity index (χ3n) is 1.88. The normalized spacial score (nSPS) is 10.8. The zero-order chi connectivity index (χ0) is 11.6. The summed E-state index contributed by atoms with van der Waals surface area (Å²) in [6.07, 6.45) is 0. The molecular formula is C11H14F2O2. The van der Waals surface area contributed by atoms with Gasteiger partial charge in [-0.1, -0.05) is 13.8 Å². The van der Waals surface area contributed by atoms with Crippen molar-refractivity contribution in [1.82, 2.24) is 0 Å². The van der Waals surface area contributed by atoms with Gasteiger partial charge in [0, 0.05) is 0 Å². The van der Waals surface area contributed by atoms with Gasteiger partial charge in [0.05, 0.1) is 6.61 Å². The zero-order valence-electron chi connectivity index (χ0n) is 8.97. The van der Waals surface area contributed by atoms with Gasteiger partial charge in [-0.25, -0.2) is 4.39 Å². The molecule has 0 spiro atoms. The lowest BCUT2D eigenvalue weighted by atomic mass is 10.2. The minimum atomic E-state index is -1.04. The van der Waals surface area contributed by atoms with Gasteiger partial charge in [-0.3, -0.25) is 0 Å². The second-order valence-electron chi connectivity index (χ2n) is 3.87. The van der Waals surface area contributed by atoms with Crippen LogP contribution in [-0.2, 0) is 0 Å². The van der Waals surface area contributed by atoms with Crippen molar-refractivity contribution in [2.24, 2.45) is 5.92 Å². The lowest BCUT2D eigenvalue weighted by Gasteiger charge is -2.12. The average Bonchev–Trinajstić information content (AvgIpc) is 2.14. The molecule has 4 heteroatoms. The highest BCUT2D eigenvalue weighted by molar-refractivity contribution is 5.40. The van der Waals surface area contributed by atoms with Crippen LogP contribution in [-0.4, -0.2) is 11.7 Å². The first-order valence-electron chi connectivity index (χ1n) is 4.73. The number of phenols is 1. The second kappa shape index (κ2) is 4.47. The highest BCUT2D eigenvalue weighted by atomic mass is 19.1. The standard InChI is InChI=1S/C11H14F2O2/c1-6(2)5-15-11-9(12)7(3)4-8(14)10(11)13/h4,6,14H,5H2,1-3H3. The summed E-state index contributed by atoms with van der Waals surface area (Å²) in [6, 6.07) is 1.03.